The molecule has 1 aromatic carbocycles. The summed E-state index contributed by atoms with van der Waals surface area (Å²) in [6.45, 7) is 4.34. The van der Waals surface area contributed by atoms with Gasteiger partial charge >= 0.3 is 0 Å². The Morgan fingerprint density at radius 1 is 1.29 bits per heavy atom. The van der Waals surface area contributed by atoms with Crippen molar-refractivity contribution < 1.29 is 14.4 Å². The first-order chi connectivity index (χ1) is 10.3. The third-order valence-corrected chi connectivity index (χ3v) is 3.62. The zero-order valence-electron chi connectivity index (χ0n) is 12.0. The van der Waals surface area contributed by atoms with Gasteiger partial charge in [0.15, 0.2) is 0 Å². The van der Waals surface area contributed by atoms with Gasteiger partial charge in [-0.25, -0.2) is 0 Å². The second kappa shape index (κ2) is 6.24. The summed E-state index contributed by atoms with van der Waals surface area (Å²) in [5.74, 6) is 1.45. The molecule has 2 aromatic rings. The summed E-state index contributed by atoms with van der Waals surface area (Å²) in [5.41, 5.74) is 0.819. The summed E-state index contributed by atoms with van der Waals surface area (Å²) in [4.78, 5) is 4.47. The molecule has 112 valence electrons. The van der Waals surface area contributed by atoms with E-state index < -0.39 is 0 Å². The highest BCUT2D eigenvalue weighted by Gasteiger charge is 2.33. The topological polar surface area (TPSA) is 80.4 Å². The van der Waals surface area contributed by atoms with Crippen LogP contribution in [0.4, 0.5) is 0 Å². The number of phenolic OH excluding ortho intramolecular Hbond substituents is 1. The van der Waals surface area contributed by atoms with Gasteiger partial charge in [0.1, 0.15) is 5.75 Å². The van der Waals surface area contributed by atoms with Crippen LogP contribution in [0.3, 0.4) is 0 Å². The number of benzene rings is 1. The van der Waals surface area contributed by atoms with E-state index in [0.29, 0.717) is 24.9 Å². The lowest BCUT2D eigenvalue weighted by molar-refractivity contribution is 0.184. The molecular formula is C15H19N3O3. The van der Waals surface area contributed by atoms with E-state index in [1.165, 1.54) is 0 Å². The molecule has 1 fully saturated rings. The summed E-state index contributed by atoms with van der Waals surface area (Å²) < 4.78 is 10.9. The molecule has 21 heavy (non-hydrogen) atoms. The lowest BCUT2D eigenvalue weighted by Gasteiger charge is -2.14. The molecule has 2 unspecified atom stereocenters. The van der Waals surface area contributed by atoms with Crippen molar-refractivity contribution in [1.29, 1.82) is 0 Å². The Morgan fingerprint density at radius 3 is 2.86 bits per heavy atom. The molecule has 2 atom stereocenters. The van der Waals surface area contributed by atoms with Crippen molar-refractivity contribution >= 4 is 0 Å². The Morgan fingerprint density at radius 2 is 2.10 bits per heavy atom. The van der Waals surface area contributed by atoms with Gasteiger partial charge in [-0.1, -0.05) is 12.1 Å². The van der Waals surface area contributed by atoms with E-state index in [1.54, 1.807) is 24.3 Å². The Labute approximate surface area is 123 Å². The van der Waals surface area contributed by atoms with Crippen molar-refractivity contribution in [2.45, 2.75) is 25.3 Å². The fourth-order valence-electron chi connectivity index (χ4n) is 2.44. The van der Waals surface area contributed by atoms with Crippen molar-refractivity contribution in [2.75, 3.05) is 19.8 Å². The van der Waals surface area contributed by atoms with Crippen molar-refractivity contribution in [3.63, 3.8) is 0 Å². The number of hydrogen-bond donors (Lipinski definition) is 2. The van der Waals surface area contributed by atoms with Crippen molar-refractivity contribution in [1.82, 2.24) is 15.5 Å². The van der Waals surface area contributed by atoms with Crippen LogP contribution in [0, 0.1) is 0 Å². The largest absolute Gasteiger partial charge is 0.508 e. The van der Waals surface area contributed by atoms with E-state index in [-0.39, 0.29) is 17.7 Å². The molecule has 1 aromatic heterocycles. The fraction of sp³-hybridized carbons (Fsp3) is 0.467. The van der Waals surface area contributed by atoms with Crippen LogP contribution in [0.15, 0.2) is 28.8 Å². The third-order valence-electron chi connectivity index (χ3n) is 3.62. The quantitative estimate of drug-likeness (QED) is 0.875. The lowest BCUT2D eigenvalue weighted by atomic mass is 10.0. The molecule has 0 spiro atoms. The molecule has 0 aliphatic carbocycles. The monoisotopic (exact) mass is 289 g/mol. The standard InChI is InChI=1S/C15H19N3O3/c1-2-7-16-13-9-20-8-12(13)15-17-14(18-21-15)10-3-5-11(19)6-4-10/h3-6,12-13,16,19H,2,7-9H2,1H3. The zero-order valence-corrected chi connectivity index (χ0v) is 12.0. The Balaban J connectivity index is 1.76. The zero-order chi connectivity index (χ0) is 14.7. The van der Waals surface area contributed by atoms with Crippen LogP contribution in [0.25, 0.3) is 11.4 Å². The molecular weight excluding hydrogens is 270 g/mol. The first kappa shape index (κ1) is 14.0. The smallest absolute Gasteiger partial charge is 0.234 e. The second-order valence-corrected chi connectivity index (χ2v) is 5.21. The highest BCUT2D eigenvalue weighted by molar-refractivity contribution is 5.55. The number of aromatic hydroxyl groups is 1. The van der Waals surface area contributed by atoms with E-state index in [0.717, 1.165) is 18.5 Å². The van der Waals surface area contributed by atoms with Crippen molar-refractivity contribution in [2.24, 2.45) is 0 Å². The minimum Gasteiger partial charge on any atom is -0.508 e. The van der Waals surface area contributed by atoms with E-state index >= 15 is 0 Å². The molecule has 2 heterocycles. The lowest BCUT2D eigenvalue weighted by Crippen LogP contribution is -2.34. The maximum absolute atomic E-state index is 9.31. The second-order valence-electron chi connectivity index (χ2n) is 5.21. The van der Waals surface area contributed by atoms with Gasteiger partial charge in [-0.3, -0.25) is 0 Å². The summed E-state index contributed by atoms with van der Waals surface area (Å²) in [6.07, 6.45) is 1.08. The average molecular weight is 289 g/mol. The molecule has 1 aliphatic heterocycles. The highest BCUT2D eigenvalue weighted by atomic mass is 16.5. The maximum atomic E-state index is 9.31. The molecule has 1 saturated heterocycles. The Kier molecular flexibility index (Phi) is 4.17. The predicted molar refractivity (Wildman–Crippen MR) is 77.0 cm³/mol. The van der Waals surface area contributed by atoms with Crippen LogP contribution in [-0.4, -0.2) is 41.0 Å². The van der Waals surface area contributed by atoms with Crippen molar-refractivity contribution in [3.05, 3.63) is 30.2 Å². The van der Waals surface area contributed by atoms with Crippen LogP contribution in [0.5, 0.6) is 5.75 Å². The first-order valence-electron chi connectivity index (χ1n) is 7.22. The number of nitrogens with one attached hydrogen (secondary N) is 1. The van der Waals surface area contributed by atoms with Gasteiger partial charge in [-0.2, -0.15) is 4.98 Å². The molecule has 2 N–H and O–H groups in total. The van der Waals surface area contributed by atoms with Crippen LogP contribution in [0.2, 0.25) is 0 Å². The van der Waals surface area contributed by atoms with Gasteiger partial charge < -0.3 is 19.7 Å². The van der Waals surface area contributed by atoms with Crippen LogP contribution < -0.4 is 5.32 Å². The van der Waals surface area contributed by atoms with Gasteiger partial charge in [-0.15, -0.1) is 0 Å². The predicted octanol–water partition coefficient (Wildman–Crippen LogP) is 1.92. The molecule has 3 rings (SSSR count). The molecule has 0 saturated carbocycles. The van der Waals surface area contributed by atoms with Gasteiger partial charge in [0.05, 0.1) is 19.1 Å². The summed E-state index contributed by atoms with van der Waals surface area (Å²) in [6, 6.07) is 6.97. The van der Waals surface area contributed by atoms with Crippen LogP contribution >= 0.6 is 0 Å². The van der Waals surface area contributed by atoms with Gasteiger partial charge in [0.25, 0.3) is 0 Å². The molecule has 0 radical (unpaired) electrons. The van der Waals surface area contributed by atoms with E-state index in [9.17, 15) is 5.11 Å². The fourth-order valence-corrected chi connectivity index (χ4v) is 2.44. The normalized spacial score (nSPS) is 21.8. The molecule has 6 heteroatoms. The third kappa shape index (κ3) is 3.06. The number of ether oxygens (including phenoxy) is 1. The summed E-state index contributed by atoms with van der Waals surface area (Å²) >= 11 is 0. The summed E-state index contributed by atoms with van der Waals surface area (Å²) in [5, 5.41) is 16.8. The number of nitrogens with zero attached hydrogens (tertiary/aromatic N) is 2. The highest BCUT2D eigenvalue weighted by Crippen LogP contribution is 2.27. The van der Waals surface area contributed by atoms with Crippen LogP contribution in [0.1, 0.15) is 25.2 Å². The molecule has 0 amide bonds. The van der Waals surface area contributed by atoms with Gasteiger partial charge in [-0.05, 0) is 37.2 Å². The number of aromatic nitrogens is 2. The SMILES string of the molecule is CCCNC1COCC1c1nc(-c2ccc(O)cc2)no1. The first-order valence-corrected chi connectivity index (χ1v) is 7.22. The Bertz CT molecular complexity index is 582. The number of hydrogen-bond acceptors (Lipinski definition) is 6. The van der Waals surface area contributed by atoms with E-state index in [1.807, 2.05) is 0 Å². The molecule has 0 bridgehead atoms. The average Bonchev–Trinajstić information content (AvgIpc) is 3.14. The van der Waals surface area contributed by atoms with Gasteiger partial charge in [0.2, 0.25) is 11.7 Å². The summed E-state index contributed by atoms with van der Waals surface area (Å²) in [7, 11) is 0. The van der Waals surface area contributed by atoms with Gasteiger partial charge in [0, 0.05) is 11.6 Å². The van der Waals surface area contributed by atoms with Crippen molar-refractivity contribution in [3.8, 4) is 17.1 Å². The van der Waals surface area contributed by atoms with Crippen LogP contribution in [-0.2, 0) is 4.74 Å². The molecule has 1 aliphatic rings. The maximum Gasteiger partial charge on any atom is 0.234 e. The minimum absolute atomic E-state index is 0.0925. The Hall–Kier alpha value is -1.92. The minimum atomic E-state index is 0.0925. The number of phenols is 1. The number of rotatable bonds is 5. The van der Waals surface area contributed by atoms with E-state index in [4.69, 9.17) is 9.26 Å². The molecule has 6 nitrogen and oxygen atoms in total. The van der Waals surface area contributed by atoms with E-state index in [2.05, 4.69) is 22.4 Å².